The molecule has 1 heterocycles. The second-order valence-electron chi connectivity index (χ2n) is 3.17. The van der Waals surface area contributed by atoms with Crippen molar-refractivity contribution in [2.75, 3.05) is 0 Å². The lowest BCUT2D eigenvalue weighted by Gasteiger charge is -2.16. The number of ether oxygens (including phenoxy) is 1. The number of hydrogen-bond acceptors (Lipinski definition) is 5. The first-order valence-electron chi connectivity index (χ1n) is 3.96. The molecule has 1 aromatic heterocycles. The fourth-order valence-corrected chi connectivity index (χ4v) is 1.25. The molecule has 0 radical (unpaired) electrons. The smallest absolute Gasteiger partial charge is 0.370 e. The van der Waals surface area contributed by atoms with E-state index in [2.05, 4.69) is 16.1 Å². The minimum absolute atomic E-state index is 0.228. The summed E-state index contributed by atoms with van der Waals surface area (Å²) < 4.78 is 5.02. The van der Waals surface area contributed by atoms with Crippen LogP contribution in [0.4, 0.5) is 0 Å². The van der Waals surface area contributed by atoms with Crippen LogP contribution in [0.2, 0.25) is 0 Å². The van der Waals surface area contributed by atoms with Gasteiger partial charge in [-0.2, -0.15) is 0 Å². The van der Waals surface area contributed by atoms with E-state index in [0.717, 1.165) is 5.01 Å². The number of carbonyl (C=O) groups excluding carboxylic acids is 1. The summed E-state index contributed by atoms with van der Waals surface area (Å²) in [5.74, 6) is 1.83. The number of nitrogens with zero attached hydrogens (tertiary/aromatic N) is 2. The number of esters is 1. The fourth-order valence-electron chi connectivity index (χ4n) is 0.684. The van der Waals surface area contributed by atoms with Gasteiger partial charge in [0.2, 0.25) is 5.01 Å². The molecule has 74 valence electrons. The van der Waals surface area contributed by atoms with E-state index in [1.807, 2.05) is 0 Å². The summed E-state index contributed by atoms with van der Waals surface area (Å²) >= 11 is 1.18. The van der Waals surface area contributed by atoms with Gasteiger partial charge in [0, 0.05) is 0 Å². The van der Waals surface area contributed by atoms with Crippen LogP contribution in [0.25, 0.3) is 0 Å². The van der Waals surface area contributed by atoms with E-state index in [9.17, 15) is 4.79 Å². The Hall–Kier alpha value is -1.41. The summed E-state index contributed by atoms with van der Waals surface area (Å²) in [7, 11) is 0. The minimum atomic E-state index is -0.906. The molecule has 5 heteroatoms. The largest absolute Gasteiger partial charge is 0.441 e. The molecule has 0 unspecified atom stereocenters. The van der Waals surface area contributed by atoms with E-state index in [1.54, 1.807) is 20.8 Å². The Morgan fingerprint density at radius 3 is 2.64 bits per heavy atom. The molecular formula is C9H10N2O2S. The number of hydrogen-bond donors (Lipinski definition) is 0. The highest BCUT2D eigenvalue weighted by atomic mass is 32.1. The van der Waals surface area contributed by atoms with Crippen molar-refractivity contribution in [3.05, 3.63) is 10.0 Å². The van der Waals surface area contributed by atoms with E-state index in [4.69, 9.17) is 11.2 Å². The summed E-state index contributed by atoms with van der Waals surface area (Å²) in [6.45, 7) is 5.04. The molecule has 0 atom stereocenters. The predicted molar refractivity (Wildman–Crippen MR) is 53.0 cm³/mol. The highest BCUT2D eigenvalue weighted by Gasteiger charge is 2.23. The maximum atomic E-state index is 11.4. The topological polar surface area (TPSA) is 52.1 Å². The van der Waals surface area contributed by atoms with Crippen LogP contribution in [-0.4, -0.2) is 21.8 Å². The molecule has 0 aliphatic carbocycles. The van der Waals surface area contributed by atoms with Gasteiger partial charge in [-0.3, -0.25) is 0 Å². The molecule has 0 bridgehead atoms. The van der Waals surface area contributed by atoms with Crippen LogP contribution in [-0.2, 0) is 4.74 Å². The molecule has 0 saturated carbocycles. The number of rotatable bonds is 2. The second-order valence-corrected chi connectivity index (χ2v) is 4.35. The van der Waals surface area contributed by atoms with Crippen molar-refractivity contribution in [2.24, 2.45) is 0 Å². The molecule has 0 amide bonds. The average Bonchev–Trinajstić information content (AvgIpc) is 2.51. The van der Waals surface area contributed by atoms with E-state index in [1.165, 1.54) is 11.3 Å². The monoisotopic (exact) mass is 210 g/mol. The minimum Gasteiger partial charge on any atom is -0.441 e. The van der Waals surface area contributed by atoms with Crippen molar-refractivity contribution in [1.29, 1.82) is 0 Å². The molecule has 1 aromatic rings. The lowest BCUT2D eigenvalue weighted by molar-refractivity contribution is 0.0203. The van der Waals surface area contributed by atoms with Crippen LogP contribution in [0.15, 0.2) is 0 Å². The molecular weight excluding hydrogens is 200 g/mol. The lowest BCUT2D eigenvalue weighted by Crippen LogP contribution is -2.25. The van der Waals surface area contributed by atoms with Gasteiger partial charge in [-0.25, -0.2) is 4.79 Å². The summed E-state index contributed by atoms with van der Waals surface area (Å²) in [5, 5.41) is 8.31. The molecule has 0 aliphatic heterocycles. The molecule has 0 aromatic carbocycles. The van der Waals surface area contributed by atoms with Crippen molar-refractivity contribution in [1.82, 2.24) is 10.2 Å². The molecule has 4 nitrogen and oxygen atoms in total. The standard InChI is InChI=1S/C9H10N2O2S/c1-5-9(3,4)13-8(12)7-11-10-6(2)14-7/h1H,2-4H3. The predicted octanol–water partition coefficient (Wildman–Crippen LogP) is 1.42. The normalized spacial score (nSPS) is 10.7. The van der Waals surface area contributed by atoms with E-state index < -0.39 is 11.6 Å². The number of aryl methyl sites for hydroxylation is 1. The van der Waals surface area contributed by atoms with Gasteiger partial charge < -0.3 is 4.74 Å². The first-order valence-corrected chi connectivity index (χ1v) is 4.77. The number of aromatic nitrogens is 2. The molecule has 14 heavy (non-hydrogen) atoms. The van der Waals surface area contributed by atoms with Crippen LogP contribution >= 0.6 is 11.3 Å². The molecule has 0 saturated heterocycles. The third kappa shape index (κ3) is 2.54. The molecule has 0 fully saturated rings. The van der Waals surface area contributed by atoms with Crippen molar-refractivity contribution in [3.63, 3.8) is 0 Å². The van der Waals surface area contributed by atoms with Gasteiger partial charge in [-0.15, -0.1) is 16.6 Å². The highest BCUT2D eigenvalue weighted by molar-refractivity contribution is 7.13. The Bertz CT molecular complexity index is 390. The van der Waals surface area contributed by atoms with Crippen LogP contribution in [0, 0.1) is 19.3 Å². The lowest BCUT2D eigenvalue weighted by atomic mass is 10.1. The number of carbonyl (C=O) groups is 1. The van der Waals surface area contributed by atoms with Crippen LogP contribution in [0.3, 0.4) is 0 Å². The van der Waals surface area contributed by atoms with Crippen LogP contribution in [0.1, 0.15) is 28.7 Å². The average molecular weight is 210 g/mol. The second kappa shape index (κ2) is 3.76. The Kier molecular flexibility index (Phi) is 2.87. The van der Waals surface area contributed by atoms with Crippen LogP contribution in [0.5, 0.6) is 0 Å². The quantitative estimate of drug-likeness (QED) is 0.547. The number of terminal acetylenes is 1. The SMILES string of the molecule is C#CC(C)(C)OC(=O)c1nnc(C)s1. The molecule has 0 aliphatic rings. The van der Waals surface area contributed by atoms with Gasteiger partial charge in [0.05, 0.1) is 0 Å². The summed E-state index contributed by atoms with van der Waals surface area (Å²) in [4.78, 5) is 11.4. The third-order valence-electron chi connectivity index (χ3n) is 1.40. The first kappa shape index (κ1) is 10.7. The van der Waals surface area contributed by atoms with Gasteiger partial charge in [-0.05, 0) is 20.8 Å². The summed E-state index contributed by atoms with van der Waals surface area (Å²) in [5.41, 5.74) is -0.906. The fraction of sp³-hybridized carbons (Fsp3) is 0.444. The maximum Gasteiger partial charge on any atom is 0.370 e. The Balaban J connectivity index is 2.74. The van der Waals surface area contributed by atoms with Gasteiger partial charge in [0.1, 0.15) is 5.01 Å². The van der Waals surface area contributed by atoms with Crippen molar-refractivity contribution >= 4 is 17.3 Å². The zero-order valence-electron chi connectivity index (χ0n) is 8.20. The summed E-state index contributed by atoms with van der Waals surface area (Å²) in [6, 6.07) is 0. The van der Waals surface area contributed by atoms with E-state index >= 15 is 0 Å². The van der Waals surface area contributed by atoms with Gasteiger partial charge in [-0.1, -0.05) is 17.3 Å². The van der Waals surface area contributed by atoms with Gasteiger partial charge in [0.25, 0.3) is 0 Å². The zero-order valence-corrected chi connectivity index (χ0v) is 9.01. The van der Waals surface area contributed by atoms with E-state index in [-0.39, 0.29) is 5.01 Å². The zero-order chi connectivity index (χ0) is 10.8. The highest BCUT2D eigenvalue weighted by Crippen LogP contribution is 2.14. The Labute approximate surface area is 86.3 Å². The molecule has 0 N–H and O–H groups in total. The third-order valence-corrected chi connectivity index (χ3v) is 2.21. The van der Waals surface area contributed by atoms with Crippen LogP contribution < -0.4 is 0 Å². The van der Waals surface area contributed by atoms with Gasteiger partial charge >= 0.3 is 5.97 Å². The first-order chi connectivity index (χ1) is 6.44. The molecule has 1 rings (SSSR count). The Morgan fingerprint density at radius 2 is 2.21 bits per heavy atom. The molecule has 0 spiro atoms. The van der Waals surface area contributed by atoms with Crippen molar-refractivity contribution in [2.45, 2.75) is 26.4 Å². The maximum absolute atomic E-state index is 11.4. The summed E-state index contributed by atoms with van der Waals surface area (Å²) in [6.07, 6.45) is 5.18. The Morgan fingerprint density at radius 1 is 1.57 bits per heavy atom. The van der Waals surface area contributed by atoms with Gasteiger partial charge in [0.15, 0.2) is 5.60 Å². The van der Waals surface area contributed by atoms with Crippen molar-refractivity contribution in [3.8, 4) is 12.3 Å². The van der Waals surface area contributed by atoms with Crippen molar-refractivity contribution < 1.29 is 9.53 Å². The van der Waals surface area contributed by atoms with E-state index in [0.29, 0.717) is 0 Å².